The van der Waals surface area contributed by atoms with Crippen LogP contribution < -0.4 is 0 Å². The Morgan fingerprint density at radius 1 is 1.22 bits per heavy atom. The molecule has 3 aromatic rings. The number of benzene rings is 1. The number of carbonyl (C=O) groups is 1. The first-order valence-corrected chi connectivity index (χ1v) is 8.22. The molecule has 0 spiro atoms. The van der Waals surface area contributed by atoms with E-state index in [2.05, 4.69) is 9.97 Å². The van der Waals surface area contributed by atoms with Gasteiger partial charge in [0.1, 0.15) is 5.01 Å². The van der Waals surface area contributed by atoms with Crippen molar-refractivity contribution in [1.82, 2.24) is 9.97 Å². The van der Waals surface area contributed by atoms with Gasteiger partial charge in [-0.25, -0.2) is 9.78 Å². The molecule has 4 nitrogen and oxygen atoms in total. The van der Waals surface area contributed by atoms with Crippen molar-refractivity contribution in [2.75, 3.05) is 6.61 Å². The molecular formula is C18H16N2O2S. The van der Waals surface area contributed by atoms with E-state index in [1.807, 2.05) is 42.6 Å². The number of aromatic nitrogens is 2. The van der Waals surface area contributed by atoms with Gasteiger partial charge in [0.25, 0.3) is 0 Å². The topological polar surface area (TPSA) is 52.1 Å². The van der Waals surface area contributed by atoms with Crippen molar-refractivity contribution < 1.29 is 9.53 Å². The number of para-hydroxylation sites is 1. The number of esters is 1. The highest BCUT2D eigenvalue weighted by atomic mass is 32.1. The lowest BCUT2D eigenvalue weighted by Crippen LogP contribution is -2.03. The molecule has 23 heavy (non-hydrogen) atoms. The lowest BCUT2D eigenvalue weighted by molar-refractivity contribution is -0.137. The number of hydrogen-bond donors (Lipinski definition) is 0. The van der Waals surface area contributed by atoms with Crippen LogP contribution >= 0.6 is 11.3 Å². The number of aryl methyl sites for hydroxylation is 1. The molecule has 0 unspecified atom stereocenters. The Kier molecular flexibility index (Phi) is 5.11. The van der Waals surface area contributed by atoms with Crippen LogP contribution in [0.25, 0.3) is 16.3 Å². The third kappa shape index (κ3) is 4.47. The minimum absolute atomic E-state index is 0.338. The number of nitrogens with zero attached hydrogens (tertiary/aromatic N) is 2. The summed E-state index contributed by atoms with van der Waals surface area (Å²) in [4.78, 5) is 20.2. The molecule has 0 saturated heterocycles. The quantitative estimate of drug-likeness (QED) is 0.392. The fourth-order valence-corrected chi connectivity index (χ4v) is 3.01. The third-order valence-corrected chi connectivity index (χ3v) is 4.25. The molecule has 0 aliphatic rings. The van der Waals surface area contributed by atoms with Crippen molar-refractivity contribution in [2.24, 2.45) is 0 Å². The van der Waals surface area contributed by atoms with E-state index in [1.165, 1.54) is 6.08 Å². The van der Waals surface area contributed by atoms with Crippen LogP contribution in [0.5, 0.6) is 0 Å². The maximum atomic E-state index is 11.7. The summed E-state index contributed by atoms with van der Waals surface area (Å²) >= 11 is 1.55. The Hall–Kier alpha value is -2.53. The zero-order valence-corrected chi connectivity index (χ0v) is 13.3. The van der Waals surface area contributed by atoms with Gasteiger partial charge in [0.15, 0.2) is 0 Å². The molecule has 0 atom stereocenters. The zero-order chi connectivity index (χ0) is 15.9. The molecule has 0 amide bonds. The number of thiazole rings is 1. The van der Waals surface area contributed by atoms with Crippen molar-refractivity contribution in [3.63, 3.8) is 0 Å². The summed E-state index contributed by atoms with van der Waals surface area (Å²) < 4.78 is 6.30. The summed E-state index contributed by atoms with van der Waals surface area (Å²) in [6.45, 7) is 0.401. The Balaban J connectivity index is 1.45. The first-order chi connectivity index (χ1) is 11.3. The van der Waals surface area contributed by atoms with E-state index in [0.717, 1.165) is 33.6 Å². The second kappa shape index (κ2) is 7.65. The highest BCUT2D eigenvalue weighted by Gasteiger charge is 2.02. The Labute approximate surface area is 138 Å². The lowest BCUT2D eigenvalue weighted by atomic mass is 10.2. The normalized spacial score (nSPS) is 11.1. The molecule has 2 aromatic heterocycles. The fraction of sp³-hybridized carbons (Fsp3) is 0.167. The van der Waals surface area contributed by atoms with Gasteiger partial charge < -0.3 is 4.74 Å². The second-order valence-corrected chi connectivity index (χ2v) is 6.05. The van der Waals surface area contributed by atoms with Crippen LogP contribution in [0.1, 0.15) is 17.0 Å². The smallest absolute Gasteiger partial charge is 0.330 e. The van der Waals surface area contributed by atoms with Crippen molar-refractivity contribution in [3.05, 3.63) is 65.4 Å². The Morgan fingerprint density at radius 3 is 2.96 bits per heavy atom. The van der Waals surface area contributed by atoms with Crippen LogP contribution in [-0.2, 0) is 16.0 Å². The molecule has 5 heteroatoms. The average Bonchev–Trinajstić information content (AvgIpc) is 3.01. The van der Waals surface area contributed by atoms with Gasteiger partial charge in [0, 0.05) is 18.5 Å². The van der Waals surface area contributed by atoms with Gasteiger partial charge in [-0.1, -0.05) is 18.2 Å². The predicted octanol–water partition coefficient (Wildman–Crippen LogP) is 3.88. The SMILES string of the molecule is O=C(C=Cc1nc2ccccc2s1)OCCCc1cccnc1. The summed E-state index contributed by atoms with van der Waals surface area (Å²) in [6, 6.07) is 11.8. The molecular weight excluding hydrogens is 308 g/mol. The van der Waals surface area contributed by atoms with Gasteiger partial charge in [0.05, 0.1) is 16.8 Å². The molecule has 0 N–H and O–H groups in total. The van der Waals surface area contributed by atoms with E-state index in [4.69, 9.17) is 4.74 Å². The van der Waals surface area contributed by atoms with Gasteiger partial charge in [-0.3, -0.25) is 4.98 Å². The number of hydrogen-bond acceptors (Lipinski definition) is 5. The fourth-order valence-electron chi connectivity index (χ4n) is 2.14. The van der Waals surface area contributed by atoms with Crippen LogP contribution in [0.3, 0.4) is 0 Å². The molecule has 3 rings (SSSR count). The maximum absolute atomic E-state index is 11.7. The van der Waals surface area contributed by atoms with E-state index in [1.54, 1.807) is 23.6 Å². The number of fused-ring (bicyclic) bond motifs is 1. The van der Waals surface area contributed by atoms with Crippen LogP contribution in [0.4, 0.5) is 0 Å². The second-order valence-electron chi connectivity index (χ2n) is 4.99. The van der Waals surface area contributed by atoms with Crippen molar-refractivity contribution >= 4 is 33.6 Å². The summed E-state index contributed by atoms with van der Waals surface area (Å²) in [5.41, 5.74) is 2.09. The molecule has 0 bridgehead atoms. The van der Waals surface area contributed by atoms with E-state index in [-0.39, 0.29) is 5.97 Å². The van der Waals surface area contributed by atoms with Crippen LogP contribution in [0, 0.1) is 0 Å². The van der Waals surface area contributed by atoms with Gasteiger partial charge in [0.2, 0.25) is 0 Å². The van der Waals surface area contributed by atoms with E-state index in [9.17, 15) is 4.79 Å². The number of ether oxygens (including phenoxy) is 1. The monoisotopic (exact) mass is 324 g/mol. The van der Waals surface area contributed by atoms with Crippen molar-refractivity contribution in [3.8, 4) is 0 Å². The molecule has 2 heterocycles. The first-order valence-electron chi connectivity index (χ1n) is 7.40. The van der Waals surface area contributed by atoms with E-state index in [0.29, 0.717) is 6.61 Å². The van der Waals surface area contributed by atoms with Crippen LogP contribution in [0.2, 0.25) is 0 Å². The minimum atomic E-state index is -0.338. The standard InChI is InChI=1S/C18H16N2O2S/c21-18(22-12-4-6-14-5-3-11-19-13-14)10-9-17-20-15-7-1-2-8-16(15)23-17/h1-3,5,7-11,13H,4,6,12H2. The largest absolute Gasteiger partial charge is 0.463 e. The lowest BCUT2D eigenvalue weighted by Gasteiger charge is -2.01. The molecule has 0 fully saturated rings. The van der Waals surface area contributed by atoms with Crippen LogP contribution in [0.15, 0.2) is 54.9 Å². The molecule has 1 aromatic carbocycles. The van der Waals surface area contributed by atoms with Gasteiger partial charge in [-0.2, -0.15) is 0 Å². The summed E-state index contributed by atoms with van der Waals surface area (Å²) in [6.07, 6.45) is 8.34. The molecule has 0 aliphatic heterocycles. The van der Waals surface area contributed by atoms with E-state index < -0.39 is 0 Å². The van der Waals surface area contributed by atoms with Gasteiger partial charge >= 0.3 is 5.97 Å². The molecule has 0 saturated carbocycles. The summed E-state index contributed by atoms with van der Waals surface area (Å²) in [5, 5.41) is 0.804. The number of carbonyl (C=O) groups excluding carboxylic acids is 1. The van der Waals surface area contributed by atoms with Gasteiger partial charge in [-0.05, 0) is 42.7 Å². The van der Waals surface area contributed by atoms with Gasteiger partial charge in [-0.15, -0.1) is 11.3 Å². The predicted molar refractivity (Wildman–Crippen MR) is 92.2 cm³/mol. The van der Waals surface area contributed by atoms with E-state index >= 15 is 0 Å². The van der Waals surface area contributed by atoms with Crippen molar-refractivity contribution in [2.45, 2.75) is 12.8 Å². The molecule has 0 radical (unpaired) electrons. The minimum Gasteiger partial charge on any atom is -0.463 e. The maximum Gasteiger partial charge on any atom is 0.330 e. The average molecular weight is 324 g/mol. The zero-order valence-electron chi connectivity index (χ0n) is 12.5. The first kappa shape index (κ1) is 15.4. The molecule has 116 valence electrons. The van der Waals surface area contributed by atoms with Crippen molar-refractivity contribution in [1.29, 1.82) is 0 Å². The highest BCUT2D eigenvalue weighted by molar-refractivity contribution is 7.19. The summed E-state index contributed by atoms with van der Waals surface area (Å²) in [5.74, 6) is -0.338. The Bertz CT molecular complexity index is 779. The summed E-state index contributed by atoms with van der Waals surface area (Å²) in [7, 11) is 0. The Morgan fingerprint density at radius 2 is 2.13 bits per heavy atom. The number of pyridine rings is 1. The number of rotatable bonds is 6. The van der Waals surface area contributed by atoms with Crippen LogP contribution in [-0.4, -0.2) is 22.5 Å². The molecule has 0 aliphatic carbocycles. The highest BCUT2D eigenvalue weighted by Crippen LogP contribution is 2.22. The third-order valence-electron chi connectivity index (χ3n) is 3.25.